The number of rotatable bonds is 10. The second kappa shape index (κ2) is 11.6. The van der Waals surface area contributed by atoms with E-state index >= 15 is 0 Å². The number of amides is 1. The van der Waals surface area contributed by atoms with Crippen molar-refractivity contribution in [2.24, 2.45) is 0 Å². The quantitative estimate of drug-likeness (QED) is 0.293. The van der Waals surface area contributed by atoms with Crippen molar-refractivity contribution >= 4 is 23.4 Å². The molecule has 35 heavy (non-hydrogen) atoms. The zero-order valence-electron chi connectivity index (χ0n) is 20.0. The summed E-state index contributed by atoms with van der Waals surface area (Å²) in [5.41, 5.74) is 3.80. The maximum Gasteiger partial charge on any atom is 0.234 e. The number of anilines is 1. The highest BCUT2D eigenvalue weighted by molar-refractivity contribution is 7.99. The largest absolute Gasteiger partial charge is 0.494 e. The van der Waals surface area contributed by atoms with Gasteiger partial charge in [-0.25, -0.2) is 0 Å². The number of carbonyl (C=O) groups excluding carboxylic acids is 1. The molecule has 0 aliphatic rings. The Hall–Kier alpha value is -3.78. The van der Waals surface area contributed by atoms with E-state index in [9.17, 15) is 4.79 Å². The van der Waals surface area contributed by atoms with Gasteiger partial charge in [-0.1, -0.05) is 42.1 Å². The molecular formula is C27H28N4O3S. The number of aryl methyl sites for hydroxylation is 2. The third-order valence-electron chi connectivity index (χ3n) is 5.22. The third kappa shape index (κ3) is 6.42. The van der Waals surface area contributed by atoms with Crippen LogP contribution in [0.2, 0.25) is 0 Å². The number of benzene rings is 3. The van der Waals surface area contributed by atoms with Crippen LogP contribution in [0.5, 0.6) is 11.5 Å². The summed E-state index contributed by atoms with van der Waals surface area (Å²) in [6, 6.07) is 23.3. The first-order valence-corrected chi connectivity index (χ1v) is 12.4. The molecule has 0 aliphatic heterocycles. The molecule has 0 saturated carbocycles. The molecular weight excluding hydrogens is 460 g/mol. The fraction of sp³-hybridized carbons (Fsp3) is 0.222. The van der Waals surface area contributed by atoms with Gasteiger partial charge in [-0.2, -0.15) is 0 Å². The smallest absolute Gasteiger partial charge is 0.234 e. The van der Waals surface area contributed by atoms with E-state index in [1.54, 1.807) is 0 Å². The molecule has 0 atom stereocenters. The van der Waals surface area contributed by atoms with E-state index in [1.165, 1.54) is 11.8 Å². The Morgan fingerprint density at radius 3 is 2.43 bits per heavy atom. The lowest BCUT2D eigenvalue weighted by molar-refractivity contribution is -0.113. The van der Waals surface area contributed by atoms with Crippen molar-refractivity contribution in [2.75, 3.05) is 17.7 Å². The van der Waals surface area contributed by atoms with Crippen molar-refractivity contribution in [3.63, 3.8) is 0 Å². The summed E-state index contributed by atoms with van der Waals surface area (Å²) < 4.78 is 13.4. The van der Waals surface area contributed by atoms with Crippen molar-refractivity contribution in [1.29, 1.82) is 0 Å². The van der Waals surface area contributed by atoms with Crippen LogP contribution in [-0.4, -0.2) is 33.0 Å². The maximum absolute atomic E-state index is 12.7. The number of para-hydroxylation sites is 1. The van der Waals surface area contributed by atoms with Crippen molar-refractivity contribution in [3.05, 3.63) is 89.7 Å². The minimum Gasteiger partial charge on any atom is -0.494 e. The molecule has 4 aromatic rings. The summed E-state index contributed by atoms with van der Waals surface area (Å²) in [5, 5.41) is 12.3. The number of carbonyl (C=O) groups is 1. The fourth-order valence-corrected chi connectivity index (χ4v) is 4.23. The molecule has 180 valence electrons. The van der Waals surface area contributed by atoms with E-state index in [-0.39, 0.29) is 18.3 Å². The van der Waals surface area contributed by atoms with Crippen LogP contribution in [0.15, 0.2) is 78.0 Å². The lowest BCUT2D eigenvalue weighted by Gasteiger charge is -2.12. The van der Waals surface area contributed by atoms with E-state index in [0.29, 0.717) is 17.6 Å². The van der Waals surface area contributed by atoms with E-state index < -0.39 is 0 Å². The van der Waals surface area contributed by atoms with Crippen molar-refractivity contribution in [2.45, 2.75) is 32.5 Å². The minimum absolute atomic E-state index is 0.105. The van der Waals surface area contributed by atoms with E-state index in [0.717, 1.165) is 34.0 Å². The molecule has 0 saturated heterocycles. The molecule has 0 radical (unpaired) electrons. The molecule has 0 aliphatic carbocycles. The van der Waals surface area contributed by atoms with Crippen LogP contribution in [0.4, 0.5) is 5.69 Å². The number of hydrogen-bond acceptors (Lipinski definition) is 6. The summed E-state index contributed by atoms with van der Waals surface area (Å²) in [6.45, 7) is 6.76. The molecule has 8 heteroatoms. The summed E-state index contributed by atoms with van der Waals surface area (Å²) >= 11 is 1.33. The first kappa shape index (κ1) is 24.3. The molecule has 0 unspecified atom stereocenters. The molecule has 1 N–H and O–H groups in total. The fourth-order valence-electron chi connectivity index (χ4n) is 3.46. The first-order chi connectivity index (χ1) is 17.0. The van der Waals surface area contributed by atoms with Gasteiger partial charge < -0.3 is 14.8 Å². The van der Waals surface area contributed by atoms with E-state index in [2.05, 4.69) is 15.5 Å². The lowest BCUT2D eigenvalue weighted by Crippen LogP contribution is -2.15. The molecule has 1 amide bonds. The summed E-state index contributed by atoms with van der Waals surface area (Å²) in [7, 11) is 0. The molecule has 0 spiro atoms. The number of hydrogen-bond donors (Lipinski definition) is 1. The second-order valence-electron chi connectivity index (χ2n) is 7.92. The average molecular weight is 489 g/mol. The van der Waals surface area contributed by atoms with E-state index in [1.807, 2.05) is 98.1 Å². The normalized spacial score (nSPS) is 10.7. The minimum atomic E-state index is -0.105. The topological polar surface area (TPSA) is 78.3 Å². The van der Waals surface area contributed by atoms with Crippen molar-refractivity contribution in [3.8, 4) is 17.2 Å². The molecule has 7 nitrogen and oxygen atoms in total. The van der Waals surface area contributed by atoms with E-state index in [4.69, 9.17) is 9.47 Å². The van der Waals surface area contributed by atoms with Gasteiger partial charge in [0.15, 0.2) is 11.0 Å². The van der Waals surface area contributed by atoms with Crippen LogP contribution in [0, 0.1) is 13.8 Å². The zero-order chi connectivity index (χ0) is 24.6. The van der Waals surface area contributed by atoms with Crippen LogP contribution in [-0.2, 0) is 11.4 Å². The van der Waals surface area contributed by atoms with Gasteiger partial charge in [-0.15, -0.1) is 10.2 Å². The predicted octanol–water partition coefficient (Wildman–Crippen LogP) is 5.59. The van der Waals surface area contributed by atoms with Gasteiger partial charge >= 0.3 is 0 Å². The highest BCUT2D eigenvalue weighted by Gasteiger charge is 2.17. The first-order valence-electron chi connectivity index (χ1n) is 11.4. The number of aromatic nitrogens is 3. The highest BCUT2D eigenvalue weighted by atomic mass is 32.2. The van der Waals surface area contributed by atoms with Crippen LogP contribution in [0.1, 0.15) is 23.9 Å². The van der Waals surface area contributed by atoms with Crippen LogP contribution in [0.25, 0.3) is 5.69 Å². The summed E-state index contributed by atoms with van der Waals surface area (Å²) in [4.78, 5) is 12.7. The van der Waals surface area contributed by atoms with Gasteiger partial charge in [0, 0.05) is 11.4 Å². The Morgan fingerprint density at radius 2 is 1.69 bits per heavy atom. The van der Waals surface area contributed by atoms with Crippen molar-refractivity contribution in [1.82, 2.24) is 14.8 Å². The lowest BCUT2D eigenvalue weighted by atomic mass is 10.1. The molecule has 0 bridgehead atoms. The number of thioether (sulfide) groups is 1. The Kier molecular flexibility index (Phi) is 8.05. The summed E-state index contributed by atoms with van der Waals surface area (Å²) in [5.74, 6) is 2.26. The molecule has 1 aromatic heterocycles. The average Bonchev–Trinajstić information content (AvgIpc) is 3.28. The van der Waals surface area contributed by atoms with Gasteiger partial charge in [0.2, 0.25) is 5.91 Å². The Labute approximate surface area is 209 Å². The molecule has 4 rings (SSSR count). The molecule has 0 fully saturated rings. The molecule has 1 heterocycles. The Morgan fingerprint density at radius 1 is 0.943 bits per heavy atom. The maximum atomic E-state index is 12.7. The van der Waals surface area contributed by atoms with Gasteiger partial charge in [0.1, 0.15) is 18.1 Å². The van der Waals surface area contributed by atoms with Crippen LogP contribution in [0.3, 0.4) is 0 Å². The van der Waals surface area contributed by atoms with Crippen LogP contribution < -0.4 is 14.8 Å². The number of nitrogens with zero attached hydrogens (tertiary/aromatic N) is 3. The highest BCUT2D eigenvalue weighted by Crippen LogP contribution is 2.25. The predicted molar refractivity (Wildman–Crippen MR) is 139 cm³/mol. The second-order valence-corrected chi connectivity index (χ2v) is 8.86. The number of nitrogens with one attached hydrogen (secondary N) is 1. The monoisotopic (exact) mass is 488 g/mol. The van der Waals surface area contributed by atoms with Crippen LogP contribution >= 0.6 is 11.8 Å². The zero-order valence-corrected chi connectivity index (χ0v) is 20.8. The molecule has 3 aromatic carbocycles. The van der Waals surface area contributed by atoms with Crippen molar-refractivity contribution < 1.29 is 14.3 Å². The Balaban J connectivity index is 1.53. The standard InChI is InChI=1S/C27H28N4O3S/c1-4-33-23-14-12-21(13-15-23)31-25(17-34-22-8-6-5-7-9-22)29-30-27(31)35-18-26(32)28-24-16-19(2)10-11-20(24)3/h5-16H,4,17-18H2,1-3H3,(H,28,32). The van der Waals surface area contributed by atoms with Gasteiger partial charge in [0.25, 0.3) is 0 Å². The third-order valence-corrected chi connectivity index (χ3v) is 6.15. The van der Waals surface area contributed by atoms with Gasteiger partial charge in [-0.05, 0) is 74.4 Å². The van der Waals surface area contributed by atoms with Gasteiger partial charge in [0.05, 0.1) is 12.4 Å². The number of ether oxygens (including phenoxy) is 2. The Bertz CT molecular complexity index is 1270. The summed E-state index contributed by atoms with van der Waals surface area (Å²) in [6.07, 6.45) is 0. The SMILES string of the molecule is CCOc1ccc(-n2c(COc3ccccc3)nnc2SCC(=O)Nc2cc(C)ccc2C)cc1. The van der Waals surface area contributed by atoms with Gasteiger partial charge in [-0.3, -0.25) is 9.36 Å².